The molecule has 0 radical (unpaired) electrons. The highest BCUT2D eigenvalue weighted by Crippen LogP contribution is 2.19. The van der Waals surface area contributed by atoms with Crippen molar-refractivity contribution in [1.82, 2.24) is 0 Å². The maximum atomic E-state index is 10.5. The first-order valence-electron chi connectivity index (χ1n) is 7.35. The molecule has 0 aromatic heterocycles. The second-order valence-corrected chi connectivity index (χ2v) is 5.18. The highest BCUT2D eigenvalue weighted by molar-refractivity contribution is 5.81. The first-order chi connectivity index (χ1) is 9.96. The second-order valence-electron chi connectivity index (χ2n) is 5.18. The summed E-state index contributed by atoms with van der Waals surface area (Å²) in [7, 11) is 0. The highest BCUT2D eigenvalue weighted by Gasteiger charge is 2.00. The van der Waals surface area contributed by atoms with E-state index in [0.717, 1.165) is 18.4 Å². The van der Waals surface area contributed by atoms with E-state index in [1.807, 2.05) is 18.2 Å². The Morgan fingerprint density at radius 1 is 1.10 bits per heavy atom. The van der Waals surface area contributed by atoms with Gasteiger partial charge in [0.05, 0.1) is 0 Å². The summed E-state index contributed by atoms with van der Waals surface area (Å²) >= 11 is 0. The van der Waals surface area contributed by atoms with E-state index in [9.17, 15) is 4.79 Å². The van der Waals surface area contributed by atoms with Gasteiger partial charge < -0.3 is 5.11 Å². The summed E-state index contributed by atoms with van der Waals surface area (Å²) in [6.45, 7) is 8.19. The third-order valence-corrected chi connectivity index (χ3v) is 3.38. The van der Waals surface area contributed by atoms with Gasteiger partial charge in [0, 0.05) is 6.08 Å². The minimum Gasteiger partial charge on any atom is -0.478 e. The van der Waals surface area contributed by atoms with Gasteiger partial charge in [-0.25, -0.2) is 4.79 Å². The zero-order chi connectivity index (χ0) is 15.8. The van der Waals surface area contributed by atoms with Crippen LogP contribution in [0.15, 0.2) is 48.1 Å². The van der Waals surface area contributed by atoms with Crippen molar-refractivity contribution in [1.29, 1.82) is 0 Å². The minimum absolute atomic E-state index is 0.725. The van der Waals surface area contributed by atoms with Crippen molar-refractivity contribution in [2.75, 3.05) is 0 Å². The van der Waals surface area contributed by atoms with Crippen molar-refractivity contribution >= 4 is 11.5 Å². The number of rotatable bonds is 6. The summed E-state index contributed by atoms with van der Waals surface area (Å²) in [5.74, 6) is -0.916. The SMILES string of the molecule is CCc1cc(CC)cc(C(C)=CC=CC(C)=CC(=O)O)c1. The lowest BCUT2D eigenvalue weighted by atomic mass is 9.98. The Kier molecular flexibility index (Phi) is 6.67. The van der Waals surface area contributed by atoms with E-state index >= 15 is 0 Å². The molecule has 1 rings (SSSR count). The number of carboxylic acid groups (broad SMARTS) is 1. The molecule has 0 aliphatic rings. The van der Waals surface area contributed by atoms with Gasteiger partial charge in [0.25, 0.3) is 0 Å². The first kappa shape index (κ1) is 17.0. The van der Waals surface area contributed by atoms with Gasteiger partial charge in [-0.3, -0.25) is 0 Å². The lowest BCUT2D eigenvalue weighted by molar-refractivity contribution is -0.131. The molecule has 0 fully saturated rings. The smallest absolute Gasteiger partial charge is 0.328 e. The first-order valence-corrected chi connectivity index (χ1v) is 7.35. The van der Waals surface area contributed by atoms with E-state index in [2.05, 4.69) is 39.0 Å². The molecular weight excluding hydrogens is 260 g/mol. The average Bonchev–Trinajstić information content (AvgIpc) is 2.45. The molecule has 0 amide bonds. The Balaban J connectivity index is 2.97. The van der Waals surface area contributed by atoms with Gasteiger partial charge in [-0.05, 0) is 54.5 Å². The molecule has 0 saturated carbocycles. The van der Waals surface area contributed by atoms with Crippen LogP contribution in [0.2, 0.25) is 0 Å². The molecular formula is C19H24O2. The topological polar surface area (TPSA) is 37.3 Å². The van der Waals surface area contributed by atoms with Crippen molar-refractivity contribution < 1.29 is 9.90 Å². The third kappa shape index (κ3) is 5.82. The fourth-order valence-corrected chi connectivity index (χ4v) is 2.08. The number of carboxylic acids is 1. The van der Waals surface area contributed by atoms with Gasteiger partial charge in [-0.2, -0.15) is 0 Å². The number of hydrogen-bond donors (Lipinski definition) is 1. The minimum atomic E-state index is -0.916. The molecule has 2 heteroatoms. The van der Waals surface area contributed by atoms with Crippen molar-refractivity contribution in [3.05, 3.63) is 64.8 Å². The van der Waals surface area contributed by atoms with Crippen LogP contribution >= 0.6 is 0 Å². The van der Waals surface area contributed by atoms with Crippen LogP contribution in [-0.4, -0.2) is 11.1 Å². The summed E-state index contributed by atoms with van der Waals surface area (Å²) in [4.78, 5) is 10.5. The van der Waals surface area contributed by atoms with Gasteiger partial charge in [0.15, 0.2) is 0 Å². The molecule has 0 unspecified atom stereocenters. The molecule has 112 valence electrons. The zero-order valence-electron chi connectivity index (χ0n) is 13.3. The molecule has 1 N–H and O–H groups in total. The summed E-state index contributed by atoms with van der Waals surface area (Å²) in [5.41, 5.74) is 5.84. The average molecular weight is 284 g/mol. The van der Waals surface area contributed by atoms with Crippen LogP contribution in [0.5, 0.6) is 0 Å². The van der Waals surface area contributed by atoms with Crippen molar-refractivity contribution in [2.24, 2.45) is 0 Å². The predicted molar refractivity (Wildman–Crippen MR) is 89.4 cm³/mol. The summed E-state index contributed by atoms with van der Waals surface area (Å²) in [6.07, 6.45) is 8.99. The fourth-order valence-electron chi connectivity index (χ4n) is 2.08. The van der Waals surface area contributed by atoms with E-state index in [4.69, 9.17) is 5.11 Å². The maximum Gasteiger partial charge on any atom is 0.328 e. The fraction of sp³-hybridized carbons (Fsp3) is 0.316. The lowest BCUT2D eigenvalue weighted by Crippen LogP contribution is -1.90. The third-order valence-electron chi connectivity index (χ3n) is 3.38. The Hall–Kier alpha value is -2.09. The number of hydrogen-bond acceptors (Lipinski definition) is 1. The number of allylic oxidation sites excluding steroid dienone is 5. The summed E-state index contributed by atoms with van der Waals surface area (Å²) in [5, 5.41) is 8.66. The van der Waals surface area contributed by atoms with Crippen molar-refractivity contribution in [3.63, 3.8) is 0 Å². The van der Waals surface area contributed by atoms with E-state index in [0.29, 0.717) is 0 Å². The highest BCUT2D eigenvalue weighted by atomic mass is 16.4. The van der Waals surface area contributed by atoms with Gasteiger partial charge >= 0.3 is 5.97 Å². The number of carbonyl (C=O) groups is 1. The van der Waals surface area contributed by atoms with E-state index in [1.54, 1.807) is 6.92 Å². The normalized spacial score (nSPS) is 13.0. The zero-order valence-corrected chi connectivity index (χ0v) is 13.3. The van der Waals surface area contributed by atoms with Crippen molar-refractivity contribution in [3.8, 4) is 0 Å². The molecule has 0 aliphatic carbocycles. The van der Waals surface area contributed by atoms with Crippen LogP contribution < -0.4 is 0 Å². The molecule has 0 heterocycles. The van der Waals surface area contributed by atoms with Crippen LogP contribution in [0.1, 0.15) is 44.4 Å². The maximum absolute atomic E-state index is 10.5. The Bertz CT molecular complexity index is 567. The molecule has 0 bridgehead atoms. The molecule has 0 atom stereocenters. The summed E-state index contributed by atoms with van der Waals surface area (Å²) < 4.78 is 0. The molecule has 1 aromatic rings. The Morgan fingerprint density at radius 3 is 2.14 bits per heavy atom. The second kappa shape index (κ2) is 8.25. The predicted octanol–water partition coefficient (Wildman–Crippen LogP) is 4.80. The Morgan fingerprint density at radius 2 is 1.67 bits per heavy atom. The van der Waals surface area contributed by atoms with Crippen LogP contribution in [0, 0.1) is 0 Å². The lowest BCUT2D eigenvalue weighted by Gasteiger charge is -2.08. The van der Waals surface area contributed by atoms with E-state index in [1.165, 1.54) is 28.3 Å². The van der Waals surface area contributed by atoms with Crippen molar-refractivity contribution in [2.45, 2.75) is 40.5 Å². The molecule has 2 nitrogen and oxygen atoms in total. The number of aliphatic carboxylic acids is 1. The molecule has 21 heavy (non-hydrogen) atoms. The largest absolute Gasteiger partial charge is 0.478 e. The summed E-state index contributed by atoms with van der Waals surface area (Å²) in [6, 6.07) is 6.70. The van der Waals surface area contributed by atoms with Gasteiger partial charge in [-0.1, -0.05) is 50.3 Å². The van der Waals surface area contributed by atoms with E-state index < -0.39 is 5.97 Å². The van der Waals surface area contributed by atoms with Crippen LogP contribution in [0.3, 0.4) is 0 Å². The molecule has 0 spiro atoms. The van der Waals surface area contributed by atoms with Crippen LogP contribution in [0.4, 0.5) is 0 Å². The van der Waals surface area contributed by atoms with Gasteiger partial charge in [0.2, 0.25) is 0 Å². The number of aryl methyl sites for hydroxylation is 2. The molecule has 0 saturated heterocycles. The van der Waals surface area contributed by atoms with Gasteiger partial charge in [-0.15, -0.1) is 0 Å². The number of benzene rings is 1. The van der Waals surface area contributed by atoms with Crippen LogP contribution in [-0.2, 0) is 17.6 Å². The standard InChI is InChI=1S/C19H24O2/c1-5-16-11-17(6-2)13-18(12-16)15(4)9-7-8-14(3)10-19(20)21/h7-13H,5-6H2,1-4H3,(H,20,21). The van der Waals surface area contributed by atoms with E-state index in [-0.39, 0.29) is 0 Å². The monoisotopic (exact) mass is 284 g/mol. The quantitative estimate of drug-likeness (QED) is 0.601. The Labute approximate surface area is 127 Å². The molecule has 1 aromatic carbocycles. The van der Waals surface area contributed by atoms with Gasteiger partial charge in [0.1, 0.15) is 0 Å². The molecule has 0 aliphatic heterocycles. The van der Waals surface area contributed by atoms with Crippen LogP contribution in [0.25, 0.3) is 5.57 Å².